The van der Waals surface area contributed by atoms with Gasteiger partial charge in [-0.1, -0.05) is 41.5 Å². The molecule has 0 saturated carbocycles. The van der Waals surface area contributed by atoms with Crippen LogP contribution in [0.25, 0.3) is 6.08 Å². The molecule has 2 aromatic carbocycles. The van der Waals surface area contributed by atoms with Gasteiger partial charge in [0, 0.05) is 0 Å². The van der Waals surface area contributed by atoms with Crippen LogP contribution in [0.3, 0.4) is 0 Å². The lowest BCUT2D eigenvalue weighted by Crippen LogP contribution is -2.19. The molecule has 122 valence electrons. The fraction of sp³-hybridized carbons (Fsp3) is 0.158. The average Bonchev–Trinajstić information content (AvgIpc) is 2.87. The Morgan fingerprint density at radius 2 is 1.79 bits per heavy atom. The molecule has 1 aliphatic rings. The van der Waals surface area contributed by atoms with Crippen molar-refractivity contribution in [2.24, 2.45) is 4.99 Å². The Morgan fingerprint density at radius 1 is 1.12 bits per heavy atom. The van der Waals surface area contributed by atoms with E-state index in [0.717, 1.165) is 11.1 Å². The molecule has 3 nitrogen and oxygen atoms in total. The van der Waals surface area contributed by atoms with Crippen LogP contribution in [-0.4, -0.2) is 11.1 Å². The number of hydrogen-bond acceptors (Lipinski definition) is 3. The summed E-state index contributed by atoms with van der Waals surface area (Å²) in [5.41, 5.74) is 4.30. The number of hydrogen-bond donors (Lipinski definition) is 1. The van der Waals surface area contributed by atoms with Crippen LogP contribution in [0.2, 0.25) is 0 Å². The number of nitrogens with one attached hydrogen (secondary N) is 1. The van der Waals surface area contributed by atoms with Crippen molar-refractivity contribution in [3.05, 3.63) is 75.4 Å². The molecule has 3 rings (SSSR count). The predicted molar refractivity (Wildman–Crippen MR) is 97.2 cm³/mol. The van der Waals surface area contributed by atoms with Crippen LogP contribution in [0.4, 0.5) is 4.39 Å². The number of halogens is 1. The SMILES string of the molecule is Cc1cc(C)cc(CN=C2NC(=O)/C(=C/c3ccc(F)cc3)S2)c1. The molecule has 1 heterocycles. The van der Waals surface area contributed by atoms with E-state index in [1.165, 1.54) is 35.0 Å². The number of aliphatic imine (C=N–C) groups is 1. The van der Waals surface area contributed by atoms with Crippen molar-refractivity contribution >= 4 is 28.9 Å². The van der Waals surface area contributed by atoms with Crippen molar-refractivity contribution in [2.75, 3.05) is 0 Å². The Bertz CT molecular complexity index is 821. The molecule has 1 N–H and O–H groups in total. The third-order valence-corrected chi connectivity index (χ3v) is 4.45. The number of carbonyl (C=O) groups is 1. The summed E-state index contributed by atoms with van der Waals surface area (Å²) < 4.78 is 12.9. The molecule has 0 aromatic heterocycles. The van der Waals surface area contributed by atoms with Gasteiger partial charge in [-0.05, 0) is 54.9 Å². The van der Waals surface area contributed by atoms with E-state index < -0.39 is 0 Å². The van der Waals surface area contributed by atoms with Crippen LogP contribution in [0, 0.1) is 19.7 Å². The number of amidine groups is 1. The first kappa shape index (κ1) is 16.5. The zero-order valence-corrected chi connectivity index (χ0v) is 14.3. The summed E-state index contributed by atoms with van der Waals surface area (Å²) in [5.74, 6) is -0.472. The Balaban J connectivity index is 1.73. The number of benzene rings is 2. The first-order valence-corrected chi connectivity index (χ1v) is 8.39. The Morgan fingerprint density at radius 3 is 2.46 bits per heavy atom. The molecule has 0 radical (unpaired) electrons. The van der Waals surface area contributed by atoms with Crippen molar-refractivity contribution < 1.29 is 9.18 Å². The molecule has 5 heteroatoms. The lowest BCUT2D eigenvalue weighted by Gasteiger charge is -2.02. The smallest absolute Gasteiger partial charge is 0.264 e. The molecular weight excluding hydrogens is 323 g/mol. The second-order valence-electron chi connectivity index (χ2n) is 5.73. The molecule has 1 aliphatic heterocycles. The number of carbonyl (C=O) groups excluding carboxylic acids is 1. The third kappa shape index (κ3) is 4.11. The van der Waals surface area contributed by atoms with Gasteiger partial charge in [0.15, 0.2) is 5.17 Å². The monoisotopic (exact) mass is 340 g/mol. The molecule has 0 bridgehead atoms. The molecular formula is C19H17FN2OS. The van der Waals surface area contributed by atoms with Gasteiger partial charge in [-0.15, -0.1) is 0 Å². The van der Waals surface area contributed by atoms with E-state index in [2.05, 4.69) is 42.4 Å². The molecule has 2 aromatic rings. The summed E-state index contributed by atoms with van der Waals surface area (Å²) in [6, 6.07) is 12.3. The highest BCUT2D eigenvalue weighted by Crippen LogP contribution is 2.26. The number of aryl methyl sites for hydroxylation is 2. The summed E-state index contributed by atoms with van der Waals surface area (Å²) in [5, 5.41) is 3.36. The maximum Gasteiger partial charge on any atom is 0.264 e. The van der Waals surface area contributed by atoms with E-state index in [4.69, 9.17) is 0 Å². The van der Waals surface area contributed by atoms with Gasteiger partial charge in [0.25, 0.3) is 5.91 Å². The minimum Gasteiger partial charge on any atom is -0.301 e. The van der Waals surface area contributed by atoms with Gasteiger partial charge in [0.05, 0.1) is 11.4 Å². The minimum atomic E-state index is -0.295. The van der Waals surface area contributed by atoms with E-state index in [9.17, 15) is 9.18 Å². The van der Waals surface area contributed by atoms with Crippen LogP contribution in [0.15, 0.2) is 52.4 Å². The zero-order chi connectivity index (χ0) is 17.1. The maximum absolute atomic E-state index is 12.9. The van der Waals surface area contributed by atoms with Crippen molar-refractivity contribution in [3.63, 3.8) is 0 Å². The fourth-order valence-corrected chi connectivity index (χ4v) is 3.36. The molecule has 24 heavy (non-hydrogen) atoms. The first-order valence-electron chi connectivity index (χ1n) is 7.58. The van der Waals surface area contributed by atoms with E-state index in [1.54, 1.807) is 18.2 Å². The van der Waals surface area contributed by atoms with E-state index >= 15 is 0 Å². The molecule has 0 unspecified atom stereocenters. The lowest BCUT2D eigenvalue weighted by molar-refractivity contribution is -0.115. The number of thioether (sulfide) groups is 1. The van der Waals surface area contributed by atoms with Crippen molar-refractivity contribution in [1.29, 1.82) is 0 Å². The number of rotatable bonds is 3. The van der Waals surface area contributed by atoms with E-state index in [-0.39, 0.29) is 11.7 Å². The first-order chi connectivity index (χ1) is 11.5. The summed E-state index contributed by atoms with van der Waals surface area (Å²) in [6.07, 6.45) is 1.73. The second-order valence-corrected chi connectivity index (χ2v) is 6.76. The van der Waals surface area contributed by atoms with Gasteiger partial charge in [-0.2, -0.15) is 0 Å². The normalized spacial score (nSPS) is 17.5. The standard InChI is InChI=1S/C19H17FN2OS/c1-12-7-13(2)9-15(8-12)11-21-19-22-18(23)17(24-19)10-14-3-5-16(20)6-4-14/h3-10H,11H2,1-2H3,(H,21,22,23)/b17-10-. The Kier molecular flexibility index (Phi) is 4.81. The van der Waals surface area contributed by atoms with Crippen molar-refractivity contribution in [2.45, 2.75) is 20.4 Å². The largest absolute Gasteiger partial charge is 0.301 e. The van der Waals surface area contributed by atoms with Gasteiger partial charge in [0.2, 0.25) is 0 Å². The van der Waals surface area contributed by atoms with Crippen LogP contribution in [-0.2, 0) is 11.3 Å². The van der Waals surface area contributed by atoms with Crippen LogP contribution >= 0.6 is 11.8 Å². The van der Waals surface area contributed by atoms with Gasteiger partial charge in [0.1, 0.15) is 5.82 Å². The average molecular weight is 340 g/mol. The lowest BCUT2D eigenvalue weighted by atomic mass is 10.1. The molecule has 0 spiro atoms. The Labute approximate surface area is 144 Å². The fourth-order valence-electron chi connectivity index (χ4n) is 2.54. The van der Waals surface area contributed by atoms with Gasteiger partial charge in [-0.3, -0.25) is 9.79 Å². The third-order valence-electron chi connectivity index (χ3n) is 3.51. The molecule has 1 saturated heterocycles. The highest BCUT2D eigenvalue weighted by Gasteiger charge is 2.23. The molecule has 1 fully saturated rings. The van der Waals surface area contributed by atoms with Gasteiger partial charge in [-0.25, -0.2) is 4.39 Å². The van der Waals surface area contributed by atoms with Crippen molar-refractivity contribution in [1.82, 2.24) is 5.32 Å². The summed E-state index contributed by atoms with van der Waals surface area (Å²) in [7, 11) is 0. The van der Waals surface area contributed by atoms with Gasteiger partial charge < -0.3 is 5.32 Å². The highest BCUT2D eigenvalue weighted by atomic mass is 32.2. The summed E-state index contributed by atoms with van der Waals surface area (Å²) in [4.78, 5) is 17.1. The summed E-state index contributed by atoms with van der Waals surface area (Å²) in [6.45, 7) is 4.63. The number of nitrogens with zero attached hydrogens (tertiary/aromatic N) is 1. The van der Waals surface area contributed by atoms with E-state index in [0.29, 0.717) is 16.6 Å². The minimum absolute atomic E-state index is 0.177. The predicted octanol–water partition coefficient (Wildman–Crippen LogP) is 4.20. The highest BCUT2D eigenvalue weighted by molar-refractivity contribution is 8.18. The van der Waals surface area contributed by atoms with Crippen LogP contribution in [0.1, 0.15) is 22.3 Å². The van der Waals surface area contributed by atoms with Crippen LogP contribution < -0.4 is 5.32 Å². The molecule has 1 amide bonds. The second kappa shape index (κ2) is 7.01. The summed E-state index contributed by atoms with van der Waals surface area (Å²) >= 11 is 1.30. The Hall–Kier alpha value is -2.40. The molecule has 0 aliphatic carbocycles. The zero-order valence-electron chi connectivity index (χ0n) is 13.5. The van der Waals surface area contributed by atoms with Crippen LogP contribution in [0.5, 0.6) is 0 Å². The molecule has 0 atom stereocenters. The van der Waals surface area contributed by atoms with Crippen molar-refractivity contribution in [3.8, 4) is 0 Å². The number of amides is 1. The van der Waals surface area contributed by atoms with E-state index in [1.807, 2.05) is 0 Å². The topological polar surface area (TPSA) is 41.5 Å². The quantitative estimate of drug-likeness (QED) is 0.851. The van der Waals surface area contributed by atoms with Gasteiger partial charge >= 0.3 is 0 Å². The maximum atomic E-state index is 12.9.